The summed E-state index contributed by atoms with van der Waals surface area (Å²) < 4.78 is 26.5. The Morgan fingerprint density at radius 2 is 1.56 bits per heavy atom. The molecule has 25 heavy (non-hydrogen) atoms. The fraction of sp³-hybridized carbons (Fsp3) is 0.316. The second-order valence-electron chi connectivity index (χ2n) is 6.35. The van der Waals surface area contributed by atoms with E-state index in [1.165, 1.54) is 0 Å². The molecule has 1 heterocycles. The monoisotopic (exact) mass is 357 g/mol. The SMILES string of the molecule is CN(C)c1ccc(C=Nc2ccc(S(=O)(=O)N3CCCC3)cc2)cc1. The fourth-order valence-electron chi connectivity index (χ4n) is 2.79. The van der Waals surface area contributed by atoms with E-state index >= 15 is 0 Å². The van der Waals surface area contributed by atoms with E-state index in [0.29, 0.717) is 18.0 Å². The Morgan fingerprint density at radius 1 is 0.960 bits per heavy atom. The van der Waals surface area contributed by atoms with E-state index in [4.69, 9.17) is 0 Å². The molecule has 3 rings (SSSR count). The third-order valence-corrected chi connectivity index (χ3v) is 6.22. The van der Waals surface area contributed by atoms with E-state index in [-0.39, 0.29) is 0 Å². The van der Waals surface area contributed by atoms with Crippen molar-refractivity contribution in [2.75, 3.05) is 32.1 Å². The molecule has 1 aliphatic heterocycles. The molecular formula is C19H23N3O2S. The fourth-order valence-corrected chi connectivity index (χ4v) is 4.31. The smallest absolute Gasteiger partial charge is 0.243 e. The van der Waals surface area contributed by atoms with Gasteiger partial charge in [-0.3, -0.25) is 4.99 Å². The van der Waals surface area contributed by atoms with Crippen LogP contribution in [-0.4, -0.2) is 46.1 Å². The van der Waals surface area contributed by atoms with Gasteiger partial charge in [-0.2, -0.15) is 4.31 Å². The van der Waals surface area contributed by atoms with Crippen LogP contribution in [0.15, 0.2) is 58.4 Å². The Morgan fingerprint density at radius 3 is 2.12 bits per heavy atom. The van der Waals surface area contributed by atoms with Crippen LogP contribution in [0.3, 0.4) is 0 Å². The molecule has 0 spiro atoms. The zero-order valence-electron chi connectivity index (χ0n) is 14.6. The third kappa shape index (κ3) is 4.08. The average molecular weight is 357 g/mol. The number of benzene rings is 2. The molecule has 5 nitrogen and oxygen atoms in total. The molecule has 0 bridgehead atoms. The van der Waals surface area contributed by atoms with Gasteiger partial charge in [-0.05, 0) is 54.8 Å². The van der Waals surface area contributed by atoms with Gasteiger partial charge in [0, 0.05) is 39.1 Å². The topological polar surface area (TPSA) is 53.0 Å². The minimum absolute atomic E-state index is 0.337. The number of aliphatic imine (C=N–C) groups is 1. The van der Waals surface area contributed by atoms with E-state index in [9.17, 15) is 8.42 Å². The molecule has 1 aliphatic rings. The van der Waals surface area contributed by atoms with E-state index in [1.54, 1.807) is 34.8 Å². The summed E-state index contributed by atoms with van der Waals surface area (Å²) in [5, 5.41) is 0. The summed E-state index contributed by atoms with van der Waals surface area (Å²) in [4.78, 5) is 6.80. The molecular weight excluding hydrogens is 334 g/mol. The molecule has 1 saturated heterocycles. The Hall–Kier alpha value is -2.18. The van der Waals surface area contributed by atoms with Crippen LogP contribution in [0.25, 0.3) is 0 Å². The first-order valence-corrected chi connectivity index (χ1v) is 9.82. The summed E-state index contributed by atoms with van der Waals surface area (Å²) in [5.41, 5.74) is 2.87. The van der Waals surface area contributed by atoms with Crippen LogP contribution in [0.2, 0.25) is 0 Å². The van der Waals surface area contributed by atoms with E-state index in [1.807, 2.05) is 43.3 Å². The molecule has 0 aromatic heterocycles. The number of hydrogen-bond donors (Lipinski definition) is 0. The molecule has 0 aliphatic carbocycles. The summed E-state index contributed by atoms with van der Waals surface area (Å²) in [7, 11) is 0.643. The first-order chi connectivity index (χ1) is 12.0. The number of nitrogens with zero attached hydrogens (tertiary/aromatic N) is 3. The van der Waals surface area contributed by atoms with Gasteiger partial charge >= 0.3 is 0 Å². The molecule has 0 radical (unpaired) electrons. The quantitative estimate of drug-likeness (QED) is 0.772. The molecule has 0 N–H and O–H groups in total. The van der Waals surface area contributed by atoms with E-state index in [2.05, 4.69) is 4.99 Å². The number of sulfonamides is 1. The molecule has 1 fully saturated rings. The van der Waals surface area contributed by atoms with Gasteiger partial charge in [0.15, 0.2) is 0 Å². The minimum Gasteiger partial charge on any atom is -0.378 e. The lowest BCUT2D eigenvalue weighted by Crippen LogP contribution is -2.27. The maximum Gasteiger partial charge on any atom is 0.243 e. The summed E-state index contributed by atoms with van der Waals surface area (Å²) in [5.74, 6) is 0. The predicted molar refractivity (Wildman–Crippen MR) is 102 cm³/mol. The molecule has 6 heteroatoms. The van der Waals surface area contributed by atoms with Crippen LogP contribution < -0.4 is 4.90 Å². The zero-order chi connectivity index (χ0) is 17.9. The van der Waals surface area contributed by atoms with E-state index in [0.717, 1.165) is 29.8 Å². The van der Waals surface area contributed by atoms with Crippen molar-refractivity contribution in [3.8, 4) is 0 Å². The number of anilines is 1. The lowest BCUT2D eigenvalue weighted by atomic mass is 10.2. The summed E-state index contributed by atoms with van der Waals surface area (Å²) >= 11 is 0. The van der Waals surface area contributed by atoms with Crippen molar-refractivity contribution in [2.45, 2.75) is 17.7 Å². The number of rotatable bonds is 5. The largest absolute Gasteiger partial charge is 0.378 e. The number of hydrogen-bond acceptors (Lipinski definition) is 4. The standard InChI is InChI=1S/C19H23N3O2S/c1-21(2)18-9-5-16(6-10-18)15-20-17-7-11-19(12-8-17)25(23,24)22-13-3-4-14-22/h5-12,15H,3-4,13-14H2,1-2H3. The second-order valence-corrected chi connectivity index (χ2v) is 8.29. The molecule has 0 saturated carbocycles. The van der Waals surface area contributed by atoms with Crippen LogP contribution in [0.5, 0.6) is 0 Å². The molecule has 0 unspecified atom stereocenters. The van der Waals surface area contributed by atoms with Gasteiger partial charge in [-0.25, -0.2) is 8.42 Å². The van der Waals surface area contributed by atoms with Crippen molar-refractivity contribution in [2.24, 2.45) is 4.99 Å². The van der Waals surface area contributed by atoms with Crippen molar-refractivity contribution in [3.05, 3.63) is 54.1 Å². The van der Waals surface area contributed by atoms with Crippen LogP contribution >= 0.6 is 0 Å². The van der Waals surface area contributed by atoms with Crippen molar-refractivity contribution >= 4 is 27.6 Å². The van der Waals surface area contributed by atoms with Gasteiger partial charge in [0.2, 0.25) is 10.0 Å². The normalized spacial score (nSPS) is 15.8. The van der Waals surface area contributed by atoms with Gasteiger partial charge < -0.3 is 4.90 Å². The third-order valence-electron chi connectivity index (χ3n) is 4.31. The highest BCUT2D eigenvalue weighted by Crippen LogP contribution is 2.23. The van der Waals surface area contributed by atoms with Crippen LogP contribution in [0.4, 0.5) is 11.4 Å². The van der Waals surface area contributed by atoms with Gasteiger partial charge in [0.1, 0.15) is 0 Å². The van der Waals surface area contributed by atoms with Crippen molar-refractivity contribution in [1.29, 1.82) is 0 Å². The molecule has 132 valence electrons. The van der Waals surface area contributed by atoms with Gasteiger partial charge in [-0.1, -0.05) is 12.1 Å². The summed E-state index contributed by atoms with van der Waals surface area (Å²) in [6.45, 7) is 1.23. The van der Waals surface area contributed by atoms with Crippen molar-refractivity contribution in [3.63, 3.8) is 0 Å². The van der Waals surface area contributed by atoms with E-state index < -0.39 is 10.0 Å². The lowest BCUT2D eigenvalue weighted by Gasteiger charge is -2.15. The molecule has 0 atom stereocenters. The van der Waals surface area contributed by atoms with Gasteiger partial charge in [0.25, 0.3) is 0 Å². The van der Waals surface area contributed by atoms with Crippen LogP contribution in [0.1, 0.15) is 18.4 Å². The van der Waals surface area contributed by atoms with Crippen molar-refractivity contribution < 1.29 is 8.42 Å². The maximum atomic E-state index is 12.5. The average Bonchev–Trinajstić information content (AvgIpc) is 3.16. The summed E-state index contributed by atoms with van der Waals surface area (Å²) in [6, 6.07) is 14.8. The van der Waals surface area contributed by atoms with Gasteiger partial charge in [-0.15, -0.1) is 0 Å². The maximum absolute atomic E-state index is 12.5. The van der Waals surface area contributed by atoms with Gasteiger partial charge in [0.05, 0.1) is 10.6 Å². The van der Waals surface area contributed by atoms with Crippen LogP contribution in [-0.2, 0) is 10.0 Å². The Bertz CT molecular complexity index is 835. The highest BCUT2D eigenvalue weighted by atomic mass is 32.2. The Kier molecular flexibility index (Phi) is 5.20. The highest BCUT2D eigenvalue weighted by molar-refractivity contribution is 7.89. The Labute approximate surface area is 149 Å². The first kappa shape index (κ1) is 17.6. The van der Waals surface area contributed by atoms with Crippen molar-refractivity contribution in [1.82, 2.24) is 4.31 Å². The minimum atomic E-state index is -3.36. The molecule has 0 amide bonds. The second kappa shape index (κ2) is 7.37. The Balaban J connectivity index is 1.72. The van der Waals surface area contributed by atoms with Crippen LogP contribution in [0, 0.1) is 0 Å². The molecule has 2 aromatic carbocycles. The lowest BCUT2D eigenvalue weighted by molar-refractivity contribution is 0.477. The highest BCUT2D eigenvalue weighted by Gasteiger charge is 2.26. The first-order valence-electron chi connectivity index (χ1n) is 8.38. The molecule has 2 aromatic rings. The predicted octanol–water partition coefficient (Wildman–Crippen LogP) is 3.29. The zero-order valence-corrected chi connectivity index (χ0v) is 15.4. The summed E-state index contributed by atoms with van der Waals surface area (Å²) in [6.07, 6.45) is 3.66.